The van der Waals surface area contributed by atoms with Crippen molar-refractivity contribution in [2.24, 2.45) is 0 Å². The molecule has 0 spiro atoms. The van der Waals surface area contributed by atoms with Gasteiger partial charge in [-0.1, -0.05) is 30.0 Å². The Morgan fingerprint density at radius 2 is 1.93 bits per heavy atom. The number of rotatable bonds is 8. The number of carbonyl (C=O) groups is 1. The third-order valence-corrected chi connectivity index (χ3v) is 6.24. The van der Waals surface area contributed by atoms with Gasteiger partial charge in [0.05, 0.1) is 5.75 Å². The first-order chi connectivity index (χ1) is 13.9. The zero-order valence-corrected chi connectivity index (χ0v) is 17.5. The van der Waals surface area contributed by atoms with Crippen molar-refractivity contribution in [3.8, 4) is 11.4 Å². The summed E-state index contributed by atoms with van der Waals surface area (Å²) in [4.78, 5) is 16.1. The summed E-state index contributed by atoms with van der Waals surface area (Å²) in [6.45, 7) is 2.48. The third kappa shape index (κ3) is 5.00. The SMILES string of the molecule is CCn1c(SCC(=O)Nc2ccccc2)nnc1-c1ccnc(S(=O)(=O)NC)c1. The van der Waals surface area contributed by atoms with Crippen molar-refractivity contribution in [2.75, 3.05) is 18.1 Å². The van der Waals surface area contributed by atoms with E-state index in [1.807, 2.05) is 41.8 Å². The molecule has 0 fully saturated rings. The number of carbonyl (C=O) groups excluding carboxylic acids is 1. The molecule has 0 aliphatic rings. The van der Waals surface area contributed by atoms with Crippen LogP contribution in [-0.2, 0) is 21.4 Å². The number of hydrogen-bond acceptors (Lipinski definition) is 7. The maximum atomic E-state index is 12.2. The molecule has 0 aliphatic carbocycles. The molecule has 2 heterocycles. The first-order valence-electron chi connectivity index (χ1n) is 8.75. The van der Waals surface area contributed by atoms with Gasteiger partial charge in [-0.25, -0.2) is 18.1 Å². The molecule has 2 aromatic heterocycles. The number of nitrogens with one attached hydrogen (secondary N) is 2. The van der Waals surface area contributed by atoms with Crippen molar-refractivity contribution < 1.29 is 13.2 Å². The highest BCUT2D eigenvalue weighted by Gasteiger charge is 2.18. The highest BCUT2D eigenvalue weighted by Crippen LogP contribution is 2.25. The van der Waals surface area contributed by atoms with Crippen molar-refractivity contribution in [1.29, 1.82) is 0 Å². The van der Waals surface area contributed by atoms with E-state index in [2.05, 4.69) is 25.2 Å². The second-order valence-corrected chi connectivity index (χ2v) is 8.62. The van der Waals surface area contributed by atoms with Crippen molar-refractivity contribution in [3.05, 3.63) is 48.7 Å². The molecule has 0 unspecified atom stereocenters. The summed E-state index contributed by atoms with van der Waals surface area (Å²) in [5.41, 5.74) is 1.30. The zero-order valence-electron chi connectivity index (χ0n) is 15.9. The number of thioether (sulfide) groups is 1. The molecular formula is C18H20N6O3S2. The van der Waals surface area contributed by atoms with Gasteiger partial charge in [-0.2, -0.15) is 0 Å². The van der Waals surface area contributed by atoms with Crippen LogP contribution in [0.5, 0.6) is 0 Å². The molecule has 3 rings (SSSR count). The standard InChI is InChI=1S/C18H20N6O3S2/c1-3-24-17(13-9-10-20-16(11-13)29(26,27)19-2)22-23-18(24)28-12-15(25)21-14-7-5-4-6-8-14/h4-11,19H,3,12H2,1-2H3,(H,21,25). The maximum absolute atomic E-state index is 12.2. The van der Waals surface area contributed by atoms with E-state index in [4.69, 9.17) is 0 Å². The van der Waals surface area contributed by atoms with E-state index in [0.29, 0.717) is 23.1 Å². The van der Waals surface area contributed by atoms with Gasteiger partial charge in [0.1, 0.15) is 0 Å². The van der Waals surface area contributed by atoms with Crippen molar-refractivity contribution >= 4 is 33.4 Å². The molecule has 0 radical (unpaired) electrons. The van der Waals surface area contributed by atoms with Crippen LogP contribution in [0.15, 0.2) is 58.8 Å². The number of nitrogens with zero attached hydrogens (tertiary/aromatic N) is 4. The molecule has 0 atom stereocenters. The Morgan fingerprint density at radius 1 is 1.17 bits per heavy atom. The fourth-order valence-electron chi connectivity index (χ4n) is 2.54. The van der Waals surface area contributed by atoms with Crippen LogP contribution in [0.1, 0.15) is 6.92 Å². The molecule has 1 aromatic carbocycles. The number of anilines is 1. The lowest BCUT2D eigenvalue weighted by atomic mass is 10.2. The fourth-order valence-corrected chi connectivity index (χ4v) is 4.04. The number of aromatic nitrogens is 4. The Hall–Kier alpha value is -2.76. The first-order valence-corrected chi connectivity index (χ1v) is 11.2. The van der Waals surface area contributed by atoms with Crippen LogP contribution >= 0.6 is 11.8 Å². The number of sulfonamides is 1. The Kier molecular flexibility index (Phi) is 6.62. The second-order valence-electron chi connectivity index (χ2n) is 5.84. The smallest absolute Gasteiger partial charge is 0.257 e. The number of benzene rings is 1. The molecule has 2 N–H and O–H groups in total. The van der Waals surface area contributed by atoms with Gasteiger partial charge >= 0.3 is 0 Å². The van der Waals surface area contributed by atoms with Gasteiger partial charge in [0.25, 0.3) is 10.0 Å². The number of amides is 1. The van der Waals surface area contributed by atoms with E-state index >= 15 is 0 Å². The highest BCUT2D eigenvalue weighted by atomic mass is 32.2. The van der Waals surface area contributed by atoms with Crippen LogP contribution < -0.4 is 10.0 Å². The molecule has 0 aliphatic heterocycles. The van der Waals surface area contributed by atoms with Gasteiger partial charge in [0.15, 0.2) is 16.0 Å². The van der Waals surface area contributed by atoms with Gasteiger partial charge in [-0.15, -0.1) is 10.2 Å². The van der Waals surface area contributed by atoms with Crippen LogP contribution in [-0.4, -0.2) is 46.9 Å². The maximum Gasteiger partial charge on any atom is 0.257 e. The largest absolute Gasteiger partial charge is 0.325 e. The molecule has 9 nitrogen and oxygen atoms in total. The summed E-state index contributed by atoms with van der Waals surface area (Å²) in [6.07, 6.45) is 1.41. The Bertz CT molecular complexity index is 1100. The molecule has 3 aromatic rings. The summed E-state index contributed by atoms with van der Waals surface area (Å²) in [6, 6.07) is 12.3. The van der Waals surface area contributed by atoms with E-state index < -0.39 is 10.0 Å². The lowest BCUT2D eigenvalue weighted by Crippen LogP contribution is -2.19. The van der Waals surface area contributed by atoms with Gasteiger partial charge in [0.2, 0.25) is 5.91 Å². The summed E-state index contributed by atoms with van der Waals surface area (Å²) in [5, 5.41) is 11.6. The topological polar surface area (TPSA) is 119 Å². The van der Waals surface area contributed by atoms with E-state index in [1.54, 1.807) is 6.07 Å². The van der Waals surface area contributed by atoms with Crippen LogP contribution in [0.2, 0.25) is 0 Å². The monoisotopic (exact) mass is 432 g/mol. The molecule has 0 bridgehead atoms. The quantitative estimate of drug-likeness (QED) is 0.523. The normalized spacial score (nSPS) is 11.4. The third-order valence-electron chi connectivity index (χ3n) is 3.96. The summed E-state index contributed by atoms with van der Waals surface area (Å²) in [7, 11) is -2.34. The predicted octanol–water partition coefficient (Wildman–Crippen LogP) is 2.00. The molecule has 1 amide bonds. The van der Waals surface area contributed by atoms with Gasteiger partial charge < -0.3 is 9.88 Å². The first kappa shape index (κ1) is 21.0. The fraction of sp³-hybridized carbons (Fsp3) is 0.222. The molecular weight excluding hydrogens is 412 g/mol. The molecule has 11 heteroatoms. The lowest BCUT2D eigenvalue weighted by molar-refractivity contribution is -0.113. The van der Waals surface area contributed by atoms with E-state index in [-0.39, 0.29) is 16.7 Å². The van der Waals surface area contributed by atoms with Crippen LogP contribution in [0.4, 0.5) is 5.69 Å². The Balaban J connectivity index is 1.77. The summed E-state index contributed by atoms with van der Waals surface area (Å²) < 4.78 is 28.1. The molecule has 152 valence electrons. The molecule has 29 heavy (non-hydrogen) atoms. The van der Waals surface area contributed by atoms with Crippen LogP contribution in [0, 0.1) is 0 Å². The van der Waals surface area contributed by atoms with Crippen LogP contribution in [0.3, 0.4) is 0 Å². The van der Waals surface area contributed by atoms with Crippen molar-refractivity contribution in [1.82, 2.24) is 24.5 Å². The second kappa shape index (κ2) is 9.16. The Morgan fingerprint density at radius 3 is 2.62 bits per heavy atom. The number of pyridine rings is 1. The van der Waals surface area contributed by atoms with Gasteiger partial charge in [-0.05, 0) is 38.2 Å². The predicted molar refractivity (Wildman–Crippen MR) is 111 cm³/mol. The lowest BCUT2D eigenvalue weighted by Gasteiger charge is -2.09. The highest BCUT2D eigenvalue weighted by molar-refractivity contribution is 7.99. The van der Waals surface area contributed by atoms with Crippen molar-refractivity contribution in [3.63, 3.8) is 0 Å². The minimum Gasteiger partial charge on any atom is -0.325 e. The van der Waals surface area contributed by atoms with Crippen LogP contribution in [0.25, 0.3) is 11.4 Å². The van der Waals surface area contributed by atoms with E-state index in [0.717, 1.165) is 5.69 Å². The number of para-hydroxylation sites is 1. The van der Waals surface area contributed by atoms with Gasteiger partial charge in [0, 0.05) is 24.0 Å². The Labute approximate surface area is 173 Å². The van der Waals surface area contributed by atoms with Crippen molar-refractivity contribution in [2.45, 2.75) is 23.7 Å². The summed E-state index contributed by atoms with van der Waals surface area (Å²) in [5.74, 6) is 0.524. The summed E-state index contributed by atoms with van der Waals surface area (Å²) >= 11 is 1.26. The minimum atomic E-state index is -3.67. The molecule has 0 saturated heterocycles. The zero-order chi connectivity index (χ0) is 20.9. The van der Waals surface area contributed by atoms with Gasteiger partial charge in [-0.3, -0.25) is 4.79 Å². The van der Waals surface area contributed by atoms with E-state index in [1.165, 1.54) is 31.1 Å². The average molecular weight is 433 g/mol. The average Bonchev–Trinajstić information content (AvgIpc) is 3.16. The minimum absolute atomic E-state index is 0.0976. The number of hydrogen-bond donors (Lipinski definition) is 2. The molecule has 0 saturated carbocycles. The van der Waals surface area contributed by atoms with E-state index in [9.17, 15) is 13.2 Å².